The number of rotatable bonds is 7. The van der Waals surface area contributed by atoms with Gasteiger partial charge in [-0.05, 0) is 53.7 Å². The molecule has 1 aliphatic heterocycles. The van der Waals surface area contributed by atoms with Gasteiger partial charge < -0.3 is 15.1 Å². The standard InChI is InChI=1S/C32H39F2N3O5/c1-18(2)13-25-29(39)35-27(21-14-19-9-7-8-10-20(19)15-21)30(40)37(25)28(23-12-11-22(33)16-24(23)34)31(41)36(6)42-26(38)17-32(3,4)5/h7-12,16,18,21,25,27-28H,13-15,17H2,1-6H3,(H,35,39)/t25-,27-,28-/m1/s1. The van der Waals surface area contributed by atoms with Crippen LogP contribution in [0.25, 0.3) is 0 Å². The molecule has 1 aliphatic carbocycles. The van der Waals surface area contributed by atoms with E-state index in [9.17, 15) is 23.6 Å². The maximum atomic E-state index is 15.4. The average molecular weight is 584 g/mol. The number of amides is 3. The number of likely N-dealkylation sites (N-methyl/N-ethyl adjacent to an activating group) is 1. The Balaban J connectivity index is 1.76. The third-order valence-corrected chi connectivity index (χ3v) is 7.70. The van der Waals surface area contributed by atoms with E-state index in [2.05, 4.69) is 5.32 Å². The Bertz CT molecular complexity index is 1350. The Hall–Kier alpha value is -3.82. The van der Waals surface area contributed by atoms with Crippen LogP contribution in [0.3, 0.4) is 0 Å². The van der Waals surface area contributed by atoms with Crippen molar-refractivity contribution in [1.29, 1.82) is 0 Å². The number of carbonyl (C=O) groups excluding carboxylic acids is 4. The molecule has 8 nitrogen and oxygen atoms in total. The van der Waals surface area contributed by atoms with Gasteiger partial charge in [-0.25, -0.2) is 13.6 Å². The van der Waals surface area contributed by atoms with Gasteiger partial charge >= 0.3 is 5.97 Å². The molecule has 0 saturated carbocycles. The molecule has 1 saturated heterocycles. The first-order valence-electron chi connectivity index (χ1n) is 14.3. The highest BCUT2D eigenvalue weighted by atomic mass is 19.1. The zero-order valence-corrected chi connectivity index (χ0v) is 24.9. The minimum absolute atomic E-state index is 0.00840. The molecule has 10 heteroatoms. The van der Waals surface area contributed by atoms with E-state index >= 15 is 4.39 Å². The molecule has 1 heterocycles. The minimum atomic E-state index is -1.69. The van der Waals surface area contributed by atoms with E-state index in [4.69, 9.17) is 4.84 Å². The SMILES string of the molecule is CC(C)C[C@@H]1C(=O)N[C@H](C2Cc3ccccc3C2)C(=O)N1[C@@H](C(=O)N(C)OC(=O)CC(C)(C)C)c1ccc(F)cc1F. The molecule has 1 fully saturated rings. The summed E-state index contributed by atoms with van der Waals surface area (Å²) in [6.45, 7) is 9.22. The molecular formula is C32H39F2N3O5. The summed E-state index contributed by atoms with van der Waals surface area (Å²) in [6.07, 6.45) is 1.27. The molecule has 0 spiro atoms. The summed E-state index contributed by atoms with van der Waals surface area (Å²) < 4.78 is 29.4. The van der Waals surface area contributed by atoms with E-state index in [-0.39, 0.29) is 30.2 Å². The second-order valence-corrected chi connectivity index (χ2v) is 12.9. The van der Waals surface area contributed by atoms with E-state index in [1.54, 1.807) is 0 Å². The number of benzene rings is 2. The van der Waals surface area contributed by atoms with Crippen LogP contribution in [0.4, 0.5) is 8.78 Å². The Morgan fingerprint density at radius 1 is 1.07 bits per heavy atom. The van der Waals surface area contributed by atoms with Crippen molar-refractivity contribution in [2.24, 2.45) is 17.3 Å². The van der Waals surface area contributed by atoms with Crippen LogP contribution in [0.5, 0.6) is 0 Å². The highest BCUT2D eigenvalue weighted by Gasteiger charge is 2.50. The van der Waals surface area contributed by atoms with E-state index < -0.39 is 58.9 Å². The Morgan fingerprint density at radius 3 is 2.24 bits per heavy atom. The fraction of sp³-hybridized carbons (Fsp3) is 0.500. The van der Waals surface area contributed by atoms with Crippen molar-refractivity contribution in [2.75, 3.05) is 7.05 Å². The summed E-state index contributed by atoms with van der Waals surface area (Å²) in [7, 11) is 1.20. The third-order valence-electron chi connectivity index (χ3n) is 7.70. The lowest BCUT2D eigenvalue weighted by Crippen LogP contribution is -2.67. The van der Waals surface area contributed by atoms with Gasteiger partial charge in [0.25, 0.3) is 5.91 Å². The van der Waals surface area contributed by atoms with E-state index in [0.717, 1.165) is 28.2 Å². The molecule has 226 valence electrons. The number of piperazine rings is 1. The molecule has 0 radical (unpaired) electrons. The average Bonchev–Trinajstić information content (AvgIpc) is 3.31. The molecule has 0 unspecified atom stereocenters. The van der Waals surface area contributed by atoms with Crippen molar-refractivity contribution < 1.29 is 32.8 Å². The molecule has 0 bridgehead atoms. The fourth-order valence-electron chi connectivity index (χ4n) is 5.83. The summed E-state index contributed by atoms with van der Waals surface area (Å²) in [5, 5.41) is 3.57. The van der Waals surface area contributed by atoms with Crippen molar-refractivity contribution in [3.05, 3.63) is 70.8 Å². The zero-order chi connectivity index (χ0) is 30.9. The van der Waals surface area contributed by atoms with Crippen LogP contribution in [-0.4, -0.2) is 52.8 Å². The number of halogens is 2. The Labute approximate surface area is 245 Å². The van der Waals surface area contributed by atoms with Crippen LogP contribution in [-0.2, 0) is 36.9 Å². The topological polar surface area (TPSA) is 96.0 Å². The maximum absolute atomic E-state index is 15.4. The zero-order valence-electron chi connectivity index (χ0n) is 24.9. The quantitative estimate of drug-likeness (QED) is 0.484. The predicted octanol–water partition coefficient (Wildman–Crippen LogP) is 4.52. The van der Waals surface area contributed by atoms with Gasteiger partial charge in [0.15, 0.2) is 0 Å². The van der Waals surface area contributed by atoms with Gasteiger partial charge in [-0.2, -0.15) is 5.06 Å². The summed E-state index contributed by atoms with van der Waals surface area (Å²) in [5.74, 6) is -4.92. The lowest BCUT2D eigenvalue weighted by atomic mass is 9.87. The van der Waals surface area contributed by atoms with E-state index in [0.29, 0.717) is 24.0 Å². The van der Waals surface area contributed by atoms with Gasteiger partial charge in [0.1, 0.15) is 29.8 Å². The summed E-state index contributed by atoms with van der Waals surface area (Å²) in [4.78, 5) is 61.1. The third kappa shape index (κ3) is 6.79. The highest BCUT2D eigenvalue weighted by molar-refractivity contribution is 6.00. The van der Waals surface area contributed by atoms with Crippen LogP contribution < -0.4 is 5.32 Å². The maximum Gasteiger partial charge on any atom is 0.333 e. The molecule has 1 N–H and O–H groups in total. The molecule has 2 aromatic rings. The van der Waals surface area contributed by atoms with Gasteiger partial charge in [-0.1, -0.05) is 65.0 Å². The number of nitrogens with one attached hydrogen (secondary N) is 1. The first-order valence-corrected chi connectivity index (χ1v) is 14.3. The molecule has 0 aromatic heterocycles. The molecule has 2 aromatic carbocycles. The predicted molar refractivity (Wildman–Crippen MR) is 151 cm³/mol. The van der Waals surface area contributed by atoms with Gasteiger partial charge in [0, 0.05) is 18.7 Å². The number of fused-ring (bicyclic) bond motifs is 1. The van der Waals surface area contributed by atoms with E-state index in [1.807, 2.05) is 58.9 Å². The molecule has 2 aliphatic rings. The van der Waals surface area contributed by atoms with Crippen LogP contribution in [0.2, 0.25) is 0 Å². The second-order valence-electron chi connectivity index (χ2n) is 12.9. The first-order chi connectivity index (χ1) is 19.7. The van der Waals surface area contributed by atoms with E-state index in [1.165, 1.54) is 7.05 Å². The fourth-order valence-corrected chi connectivity index (χ4v) is 5.83. The van der Waals surface area contributed by atoms with Crippen LogP contribution in [0.1, 0.15) is 70.2 Å². The summed E-state index contributed by atoms with van der Waals surface area (Å²) in [5.41, 5.74) is 1.41. The Morgan fingerprint density at radius 2 is 1.69 bits per heavy atom. The normalized spacial score (nSPS) is 19.9. The lowest BCUT2D eigenvalue weighted by Gasteiger charge is -2.45. The van der Waals surface area contributed by atoms with Crippen LogP contribution in [0, 0.1) is 28.9 Å². The minimum Gasteiger partial charge on any atom is -0.342 e. The van der Waals surface area contributed by atoms with Crippen LogP contribution >= 0.6 is 0 Å². The van der Waals surface area contributed by atoms with Gasteiger partial charge in [-0.15, -0.1) is 0 Å². The van der Waals surface area contributed by atoms with Gasteiger partial charge in [-0.3, -0.25) is 14.4 Å². The van der Waals surface area contributed by atoms with Crippen molar-refractivity contribution in [3.63, 3.8) is 0 Å². The highest BCUT2D eigenvalue weighted by Crippen LogP contribution is 2.36. The smallest absolute Gasteiger partial charge is 0.333 e. The molecule has 3 atom stereocenters. The second kappa shape index (κ2) is 12.2. The molecular weight excluding hydrogens is 544 g/mol. The number of carbonyl (C=O) groups is 4. The first kappa shape index (κ1) is 31.1. The van der Waals surface area contributed by atoms with Crippen molar-refractivity contribution in [3.8, 4) is 0 Å². The van der Waals surface area contributed by atoms with Crippen molar-refractivity contribution >= 4 is 23.7 Å². The van der Waals surface area contributed by atoms with Gasteiger partial charge in [0.05, 0.1) is 6.42 Å². The number of nitrogens with zero attached hydrogens (tertiary/aromatic N) is 2. The monoisotopic (exact) mass is 583 g/mol. The lowest BCUT2D eigenvalue weighted by molar-refractivity contribution is -0.199. The molecule has 3 amide bonds. The molecule has 4 rings (SSSR count). The summed E-state index contributed by atoms with van der Waals surface area (Å²) in [6, 6.07) is 6.70. The largest absolute Gasteiger partial charge is 0.342 e. The number of hydrogen-bond acceptors (Lipinski definition) is 5. The van der Waals surface area contributed by atoms with Gasteiger partial charge in [0.2, 0.25) is 11.8 Å². The number of hydrogen-bond donors (Lipinski definition) is 1. The number of hydroxylamine groups is 2. The Kier molecular flexibility index (Phi) is 9.03. The summed E-state index contributed by atoms with van der Waals surface area (Å²) >= 11 is 0. The van der Waals surface area contributed by atoms with Crippen LogP contribution in [0.15, 0.2) is 42.5 Å². The van der Waals surface area contributed by atoms with Crippen molar-refractivity contribution in [2.45, 2.75) is 78.4 Å². The van der Waals surface area contributed by atoms with Crippen molar-refractivity contribution in [1.82, 2.24) is 15.3 Å². The molecule has 42 heavy (non-hydrogen) atoms.